The van der Waals surface area contributed by atoms with Crippen LogP contribution in [0.1, 0.15) is 37.0 Å². The number of nitrogens with zero attached hydrogens (tertiary/aromatic N) is 1. The highest BCUT2D eigenvalue weighted by Gasteiger charge is 2.23. The van der Waals surface area contributed by atoms with Crippen molar-refractivity contribution in [2.75, 3.05) is 26.7 Å². The molecule has 0 bridgehead atoms. The molecule has 1 fully saturated rings. The summed E-state index contributed by atoms with van der Waals surface area (Å²) in [6.07, 6.45) is 6.69. The number of hydrogen-bond donors (Lipinski definition) is 1. The van der Waals surface area contributed by atoms with Crippen LogP contribution < -0.4 is 10.1 Å². The smallest absolute Gasteiger partial charge is 0.260 e. The fourth-order valence-electron chi connectivity index (χ4n) is 4.01. The van der Waals surface area contributed by atoms with Gasteiger partial charge in [0.15, 0.2) is 6.61 Å². The van der Waals surface area contributed by atoms with Gasteiger partial charge in [-0.2, -0.15) is 0 Å². The van der Waals surface area contributed by atoms with Crippen molar-refractivity contribution in [3.05, 3.63) is 29.5 Å². The number of nitrogens with one attached hydrogen (secondary N) is 1. The van der Waals surface area contributed by atoms with E-state index in [2.05, 4.69) is 5.32 Å². The number of amides is 1. The second-order valence-corrected chi connectivity index (χ2v) is 7.13. The van der Waals surface area contributed by atoms with Crippen molar-refractivity contribution in [1.29, 1.82) is 0 Å². The Kier molecular flexibility index (Phi) is 4.66. The fraction of sp³-hybridized carbons (Fsp3) is 0.550. The van der Waals surface area contributed by atoms with Crippen molar-refractivity contribution in [2.45, 2.75) is 44.6 Å². The Morgan fingerprint density at radius 1 is 1.32 bits per heavy atom. The molecule has 1 aromatic heterocycles. The van der Waals surface area contributed by atoms with Crippen LogP contribution in [0, 0.1) is 0 Å². The van der Waals surface area contributed by atoms with Crippen molar-refractivity contribution in [1.82, 2.24) is 10.2 Å². The number of furan rings is 1. The molecule has 1 aliphatic carbocycles. The molecule has 4 rings (SSSR count). The molecule has 5 nitrogen and oxygen atoms in total. The van der Waals surface area contributed by atoms with Gasteiger partial charge in [0.05, 0.1) is 0 Å². The van der Waals surface area contributed by atoms with Gasteiger partial charge in [0.2, 0.25) is 0 Å². The molecule has 2 aromatic rings. The molecule has 1 saturated heterocycles. The Balaban J connectivity index is 1.43. The summed E-state index contributed by atoms with van der Waals surface area (Å²) in [5.41, 5.74) is 2.25. The Morgan fingerprint density at radius 2 is 2.20 bits per heavy atom. The molecule has 0 radical (unpaired) electrons. The van der Waals surface area contributed by atoms with Crippen LogP contribution in [-0.2, 0) is 17.6 Å². The molecule has 1 aromatic carbocycles. The third-order valence-electron chi connectivity index (χ3n) is 5.47. The Labute approximate surface area is 148 Å². The second-order valence-electron chi connectivity index (χ2n) is 7.13. The van der Waals surface area contributed by atoms with E-state index in [1.165, 1.54) is 18.4 Å². The molecule has 2 aliphatic rings. The van der Waals surface area contributed by atoms with Crippen LogP contribution in [0.5, 0.6) is 5.75 Å². The monoisotopic (exact) mass is 342 g/mol. The van der Waals surface area contributed by atoms with Crippen LogP contribution in [0.3, 0.4) is 0 Å². The van der Waals surface area contributed by atoms with E-state index in [4.69, 9.17) is 9.15 Å². The second kappa shape index (κ2) is 7.08. The SMILES string of the molecule is CNC1CCCN(C(=O)COc2ccc3oc4c(c3c2)CCCC4)C1. The zero-order chi connectivity index (χ0) is 17.2. The molecule has 25 heavy (non-hydrogen) atoms. The summed E-state index contributed by atoms with van der Waals surface area (Å²) >= 11 is 0. The largest absolute Gasteiger partial charge is 0.484 e. The first-order valence-electron chi connectivity index (χ1n) is 9.37. The van der Waals surface area contributed by atoms with Crippen LogP contribution in [0.25, 0.3) is 11.0 Å². The number of likely N-dealkylation sites (N-methyl/N-ethyl adjacent to an activating group) is 1. The van der Waals surface area contributed by atoms with Gasteiger partial charge in [-0.15, -0.1) is 0 Å². The molecular weight excluding hydrogens is 316 g/mol. The summed E-state index contributed by atoms with van der Waals surface area (Å²) in [5, 5.41) is 4.41. The summed E-state index contributed by atoms with van der Waals surface area (Å²) in [4.78, 5) is 14.3. The highest BCUT2D eigenvalue weighted by atomic mass is 16.5. The summed E-state index contributed by atoms with van der Waals surface area (Å²) in [7, 11) is 1.95. The van der Waals surface area contributed by atoms with Crippen molar-refractivity contribution < 1.29 is 13.9 Å². The lowest BCUT2D eigenvalue weighted by Gasteiger charge is -2.32. The van der Waals surface area contributed by atoms with Gasteiger partial charge in [0.25, 0.3) is 5.91 Å². The van der Waals surface area contributed by atoms with Crippen LogP contribution in [0.2, 0.25) is 0 Å². The predicted molar refractivity (Wildman–Crippen MR) is 97.0 cm³/mol. The third-order valence-corrected chi connectivity index (χ3v) is 5.47. The Morgan fingerprint density at radius 3 is 3.08 bits per heavy atom. The van der Waals surface area contributed by atoms with Crippen molar-refractivity contribution in [3.63, 3.8) is 0 Å². The molecule has 5 heteroatoms. The number of hydrogen-bond acceptors (Lipinski definition) is 4. The first kappa shape index (κ1) is 16.5. The number of likely N-dealkylation sites (tertiary alicyclic amines) is 1. The number of piperidine rings is 1. The molecule has 1 amide bonds. The average molecular weight is 342 g/mol. The quantitative estimate of drug-likeness (QED) is 0.928. The van der Waals surface area contributed by atoms with Gasteiger partial charge in [0.1, 0.15) is 17.1 Å². The van der Waals surface area contributed by atoms with Crippen LogP contribution in [0.4, 0.5) is 0 Å². The third kappa shape index (κ3) is 3.38. The maximum Gasteiger partial charge on any atom is 0.260 e. The van der Waals surface area contributed by atoms with E-state index in [-0.39, 0.29) is 12.5 Å². The van der Waals surface area contributed by atoms with Gasteiger partial charge in [-0.05, 0) is 57.4 Å². The van der Waals surface area contributed by atoms with Crippen LogP contribution >= 0.6 is 0 Å². The van der Waals surface area contributed by atoms with Gasteiger partial charge >= 0.3 is 0 Å². The topological polar surface area (TPSA) is 54.7 Å². The highest BCUT2D eigenvalue weighted by Crippen LogP contribution is 2.33. The standard InChI is InChI=1S/C20H26N2O3/c1-21-14-5-4-10-22(12-14)20(23)13-24-15-8-9-19-17(11-15)16-6-2-3-7-18(16)25-19/h8-9,11,14,21H,2-7,10,12-13H2,1H3. The van der Waals surface area contributed by atoms with Gasteiger partial charge in [-0.3, -0.25) is 4.79 Å². The molecule has 0 spiro atoms. The van der Waals surface area contributed by atoms with Gasteiger partial charge in [0, 0.05) is 36.5 Å². The summed E-state index contributed by atoms with van der Waals surface area (Å²) in [5.74, 6) is 1.94. The maximum atomic E-state index is 12.4. The molecule has 1 atom stereocenters. The first-order chi connectivity index (χ1) is 12.2. The number of carbonyl (C=O) groups excluding carboxylic acids is 1. The summed E-state index contributed by atoms with van der Waals surface area (Å²) in [6, 6.07) is 6.29. The zero-order valence-corrected chi connectivity index (χ0v) is 14.8. The lowest BCUT2D eigenvalue weighted by molar-refractivity contribution is -0.134. The molecule has 1 unspecified atom stereocenters. The minimum Gasteiger partial charge on any atom is -0.484 e. The van der Waals surface area contributed by atoms with Crippen LogP contribution in [0.15, 0.2) is 22.6 Å². The number of fused-ring (bicyclic) bond motifs is 3. The molecule has 134 valence electrons. The first-order valence-corrected chi connectivity index (χ1v) is 9.37. The van der Waals surface area contributed by atoms with E-state index in [0.29, 0.717) is 6.04 Å². The van der Waals surface area contributed by atoms with E-state index >= 15 is 0 Å². The van der Waals surface area contributed by atoms with E-state index in [9.17, 15) is 4.79 Å². The lowest BCUT2D eigenvalue weighted by Crippen LogP contribution is -2.48. The van der Waals surface area contributed by atoms with E-state index in [0.717, 1.165) is 61.3 Å². The Bertz CT molecular complexity index is 768. The van der Waals surface area contributed by atoms with E-state index < -0.39 is 0 Å². The minimum absolute atomic E-state index is 0.0641. The number of aryl methyl sites for hydroxylation is 2. The molecule has 0 saturated carbocycles. The minimum atomic E-state index is 0.0641. The molecular formula is C20H26N2O3. The van der Waals surface area contributed by atoms with E-state index in [1.54, 1.807) is 0 Å². The zero-order valence-electron chi connectivity index (χ0n) is 14.8. The van der Waals surface area contributed by atoms with Gasteiger partial charge in [-0.1, -0.05) is 0 Å². The summed E-state index contributed by atoms with van der Waals surface area (Å²) < 4.78 is 11.8. The number of carbonyl (C=O) groups is 1. The number of benzene rings is 1. The molecule has 1 aliphatic heterocycles. The van der Waals surface area contributed by atoms with Crippen molar-refractivity contribution in [2.24, 2.45) is 0 Å². The molecule has 1 N–H and O–H groups in total. The Hall–Kier alpha value is -2.01. The number of ether oxygens (including phenoxy) is 1. The van der Waals surface area contributed by atoms with Gasteiger partial charge < -0.3 is 19.4 Å². The predicted octanol–water partition coefficient (Wildman–Crippen LogP) is 2.90. The van der Waals surface area contributed by atoms with Gasteiger partial charge in [-0.25, -0.2) is 0 Å². The molecule has 2 heterocycles. The van der Waals surface area contributed by atoms with E-state index in [1.807, 2.05) is 30.1 Å². The highest BCUT2D eigenvalue weighted by molar-refractivity contribution is 5.84. The summed E-state index contributed by atoms with van der Waals surface area (Å²) in [6.45, 7) is 1.70. The van der Waals surface area contributed by atoms with Crippen molar-refractivity contribution in [3.8, 4) is 5.75 Å². The number of rotatable bonds is 4. The normalized spacial score (nSPS) is 20.5. The van der Waals surface area contributed by atoms with Crippen LogP contribution in [-0.4, -0.2) is 43.6 Å². The lowest BCUT2D eigenvalue weighted by atomic mass is 9.96. The maximum absolute atomic E-state index is 12.4. The van der Waals surface area contributed by atoms with Crippen molar-refractivity contribution >= 4 is 16.9 Å². The average Bonchev–Trinajstić information content (AvgIpc) is 3.04. The fourth-order valence-corrected chi connectivity index (χ4v) is 4.01.